The summed E-state index contributed by atoms with van der Waals surface area (Å²) in [6.07, 6.45) is 1.76. The number of amides is 1. The molecule has 0 N–H and O–H groups in total. The first kappa shape index (κ1) is 17.8. The van der Waals surface area contributed by atoms with Crippen LogP contribution in [0.2, 0.25) is 5.02 Å². The Labute approximate surface area is 152 Å². The van der Waals surface area contributed by atoms with E-state index in [4.69, 9.17) is 16.3 Å². The molecule has 0 atom stereocenters. The zero-order valence-corrected chi connectivity index (χ0v) is 15.6. The maximum atomic E-state index is 12.5. The number of likely N-dealkylation sites (N-methyl/N-ethyl adjacent to an activating group) is 1. The number of hydrogen-bond acceptors (Lipinski definition) is 4. The molecule has 1 saturated heterocycles. The lowest BCUT2D eigenvalue weighted by molar-refractivity contribution is 0.0656. The van der Waals surface area contributed by atoms with Gasteiger partial charge in [0.15, 0.2) is 12.4 Å². The number of piperazine rings is 1. The van der Waals surface area contributed by atoms with Crippen molar-refractivity contribution >= 4 is 17.5 Å². The van der Waals surface area contributed by atoms with Crippen LogP contribution in [0.1, 0.15) is 21.6 Å². The van der Waals surface area contributed by atoms with E-state index in [0.717, 1.165) is 48.1 Å². The molecule has 3 rings (SSSR count). The fourth-order valence-electron chi connectivity index (χ4n) is 2.85. The van der Waals surface area contributed by atoms with Crippen LogP contribution in [-0.4, -0.2) is 58.7 Å². The minimum atomic E-state index is -0.0231. The number of ether oxygens (including phenoxy) is 1. The van der Waals surface area contributed by atoms with Gasteiger partial charge in [0.1, 0.15) is 5.75 Å². The molecule has 1 amide bonds. The Bertz CT molecular complexity index is 743. The van der Waals surface area contributed by atoms with Gasteiger partial charge in [0.05, 0.1) is 0 Å². The lowest BCUT2D eigenvalue weighted by Crippen LogP contribution is -2.47. The highest BCUT2D eigenvalue weighted by molar-refractivity contribution is 6.32. The van der Waals surface area contributed by atoms with Gasteiger partial charge in [-0.2, -0.15) is 5.10 Å². The largest absolute Gasteiger partial charge is 0.471 e. The summed E-state index contributed by atoms with van der Waals surface area (Å²) in [5.41, 5.74) is 2.41. The van der Waals surface area contributed by atoms with Crippen molar-refractivity contribution in [2.75, 3.05) is 33.2 Å². The number of rotatable bonds is 4. The first-order chi connectivity index (χ1) is 11.9. The van der Waals surface area contributed by atoms with E-state index in [1.165, 1.54) is 0 Å². The lowest BCUT2D eigenvalue weighted by atomic mass is 10.1. The normalized spacial score (nSPS) is 15.4. The number of carbonyl (C=O) groups excluding carboxylic acids is 1. The van der Waals surface area contributed by atoms with Crippen molar-refractivity contribution < 1.29 is 9.53 Å². The molecule has 1 fully saturated rings. The predicted molar refractivity (Wildman–Crippen MR) is 97.2 cm³/mol. The number of halogens is 1. The van der Waals surface area contributed by atoms with Crippen molar-refractivity contribution in [1.29, 1.82) is 0 Å². The number of benzene rings is 1. The van der Waals surface area contributed by atoms with Crippen LogP contribution in [0.25, 0.3) is 0 Å². The third-order valence-corrected chi connectivity index (χ3v) is 5.02. The Morgan fingerprint density at radius 3 is 2.48 bits per heavy atom. The molecule has 0 unspecified atom stereocenters. The van der Waals surface area contributed by atoms with E-state index in [9.17, 15) is 4.79 Å². The third kappa shape index (κ3) is 4.14. The molecule has 0 aliphatic carbocycles. The fourth-order valence-corrected chi connectivity index (χ4v) is 2.96. The second-order valence-electron chi connectivity index (χ2n) is 6.48. The SMILES string of the molecule is Cc1cc(OCn2ccc(C(=O)N3CCN(C)CC3)n2)cc(C)c1Cl. The smallest absolute Gasteiger partial charge is 0.274 e. The summed E-state index contributed by atoms with van der Waals surface area (Å²) < 4.78 is 7.40. The Balaban J connectivity index is 1.61. The van der Waals surface area contributed by atoms with Crippen LogP contribution >= 0.6 is 11.6 Å². The molecule has 1 aromatic carbocycles. The minimum absolute atomic E-state index is 0.0231. The quantitative estimate of drug-likeness (QED) is 0.838. The zero-order valence-electron chi connectivity index (χ0n) is 14.8. The molecule has 1 aliphatic heterocycles. The van der Waals surface area contributed by atoms with E-state index >= 15 is 0 Å². The fraction of sp³-hybridized carbons (Fsp3) is 0.444. The van der Waals surface area contributed by atoms with Gasteiger partial charge in [0.25, 0.3) is 5.91 Å². The van der Waals surface area contributed by atoms with Gasteiger partial charge in [0.2, 0.25) is 0 Å². The van der Waals surface area contributed by atoms with Crippen molar-refractivity contribution in [3.63, 3.8) is 0 Å². The number of aromatic nitrogens is 2. The van der Waals surface area contributed by atoms with E-state index in [1.54, 1.807) is 16.9 Å². The Kier molecular flexibility index (Phi) is 5.30. The molecule has 134 valence electrons. The Morgan fingerprint density at radius 2 is 1.84 bits per heavy atom. The molecule has 2 aromatic rings. The summed E-state index contributed by atoms with van der Waals surface area (Å²) >= 11 is 6.17. The van der Waals surface area contributed by atoms with E-state index in [-0.39, 0.29) is 12.6 Å². The topological polar surface area (TPSA) is 50.6 Å². The molecule has 1 aliphatic rings. The number of nitrogens with zero attached hydrogens (tertiary/aromatic N) is 4. The maximum absolute atomic E-state index is 12.5. The molecule has 2 heterocycles. The van der Waals surface area contributed by atoms with E-state index in [1.807, 2.05) is 30.9 Å². The minimum Gasteiger partial charge on any atom is -0.471 e. The monoisotopic (exact) mass is 362 g/mol. The number of carbonyl (C=O) groups is 1. The highest BCUT2D eigenvalue weighted by atomic mass is 35.5. The van der Waals surface area contributed by atoms with E-state index in [2.05, 4.69) is 17.0 Å². The van der Waals surface area contributed by atoms with Gasteiger partial charge < -0.3 is 14.5 Å². The summed E-state index contributed by atoms with van der Waals surface area (Å²) in [4.78, 5) is 16.6. The highest BCUT2D eigenvalue weighted by Crippen LogP contribution is 2.26. The van der Waals surface area contributed by atoms with Gasteiger partial charge in [-0.15, -0.1) is 0 Å². The third-order valence-electron chi connectivity index (χ3n) is 4.42. The molecule has 7 heteroatoms. The summed E-state index contributed by atoms with van der Waals surface area (Å²) in [5, 5.41) is 5.10. The predicted octanol–water partition coefficient (Wildman–Crippen LogP) is 2.58. The highest BCUT2D eigenvalue weighted by Gasteiger charge is 2.22. The van der Waals surface area contributed by atoms with Crippen LogP contribution in [0, 0.1) is 13.8 Å². The van der Waals surface area contributed by atoms with Crippen molar-refractivity contribution in [3.05, 3.63) is 46.2 Å². The van der Waals surface area contributed by atoms with Gasteiger partial charge in [-0.25, -0.2) is 4.68 Å². The number of aryl methyl sites for hydroxylation is 2. The van der Waals surface area contributed by atoms with Gasteiger partial charge in [-0.05, 0) is 50.2 Å². The molecular weight excluding hydrogens is 340 g/mol. The summed E-state index contributed by atoms with van der Waals surface area (Å²) in [6, 6.07) is 5.53. The molecule has 0 saturated carbocycles. The van der Waals surface area contributed by atoms with E-state index < -0.39 is 0 Å². The van der Waals surface area contributed by atoms with Crippen molar-refractivity contribution in [2.45, 2.75) is 20.6 Å². The second kappa shape index (κ2) is 7.45. The molecule has 0 radical (unpaired) electrons. The summed E-state index contributed by atoms with van der Waals surface area (Å²) in [6.45, 7) is 7.40. The van der Waals surface area contributed by atoms with Crippen LogP contribution in [0.3, 0.4) is 0 Å². The van der Waals surface area contributed by atoms with Crippen LogP contribution < -0.4 is 4.74 Å². The molecule has 25 heavy (non-hydrogen) atoms. The number of hydrogen-bond donors (Lipinski definition) is 0. The average molecular weight is 363 g/mol. The van der Waals surface area contributed by atoms with Gasteiger partial charge in [-0.3, -0.25) is 4.79 Å². The average Bonchev–Trinajstić information content (AvgIpc) is 3.07. The molecular formula is C18H23ClN4O2. The molecule has 0 spiro atoms. The standard InChI is InChI=1S/C18H23ClN4O2/c1-13-10-15(11-14(2)17(13)19)25-12-23-5-4-16(20-23)18(24)22-8-6-21(3)7-9-22/h4-5,10-11H,6-9,12H2,1-3H3. The van der Waals surface area contributed by atoms with Crippen LogP contribution in [0.5, 0.6) is 5.75 Å². The van der Waals surface area contributed by atoms with Gasteiger partial charge >= 0.3 is 0 Å². The van der Waals surface area contributed by atoms with Crippen LogP contribution in [0.15, 0.2) is 24.4 Å². The van der Waals surface area contributed by atoms with Crippen molar-refractivity contribution in [1.82, 2.24) is 19.6 Å². The van der Waals surface area contributed by atoms with Crippen LogP contribution in [-0.2, 0) is 6.73 Å². The van der Waals surface area contributed by atoms with Gasteiger partial charge in [-0.1, -0.05) is 11.6 Å². The molecule has 1 aromatic heterocycles. The first-order valence-corrected chi connectivity index (χ1v) is 8.72. The van der Waals surface area contributed by atoms with Crippen LogP contribution in [0.4, 0.5) is 0 Å². The van der Waals surface area contributed by atoms with Crippen molar-refractivity contribution in [3.8, 4) is 5.75 Å². The maximum Gasteiger partial charge on any atom is 0.274 e. The first-order valence-electron chi connectivity index (χ1n) is 8.35. The second-order valence-corrected chi connectivity index (χ2v) is 6.86. The van der Waals surface area contributed by atoms with Crippen molar-refractivity contribution in [2.24, 2.45) is 0 Å². The lowest BCUT2D eigenvalue weighted by Gasteiger charge is -2.31. The van der Waals surface area contributed by atoms with Gasteiger partial charge in [0, 0.05) is 37.4 Å². The summed E-state index contributed by atoms with van der Waals surface area (Å²) in [5.74, 6) is 0.715. The Hall–Kier alpha value is -2.05. The van der Waals surface area contributed by atoms with E-state index in [0.29, 0.717) is 5.69 Å². The molecule has 0 bridgehead atoms. The zero-order chi connectivity index (χ0) is 18.0. The summed E-state index contributed by atoms with van der Waals surface area (Å²) in [7, 11) is 2.06. The Morgan fingerprint density at radius 1 is 1.20 bits per heavy atom. The molecule has 6 nitrogen and oxygen atoms in total.